The van der Waals surface area contributed by atoms with Crippen molar-refractivity contribution in [3.63, 3.8) is 0 Å². The molecule has 0 radical (unpaired) electrons. The van der Waals surface area contributed by atoms with Crippen molar-refractivity contribution in [2.75, 3.05) is 33.3 Å². The minimum atomic E-state index is -0.564. The Bertz CT molecular complexity index is 271. The van der Waals surface area contributed by atoms with E-state index in [0.29, 0.717) is 6.61 Å². The lowest BCUT2D eigenvalue weighted by atomic mass is 9.96. The Kier molecular flexibility index (Phi) is 9.86. The van der Waals surface area contributed by atoms with Crippen molar-refractivity contribution in [1.29, 1.82) is 0 Å². The van der Waals surface area contributed by atoms with Gasteiger partial charge in [-0.15, -0.1) is 0 Å². The van der Waals surface area contributed by atoms with E-state index in [-0.39, 0.29) is 5.97 Å². The molecule has 0 aliphatic heterocycles. The topological polar surface area (TPSA) is 41.6 Å². The molecule has 0 aliphatic carbocycles. The molecule has 0 aromatic rings. The molecule has 0 heterocycles. The highest BCUT2D eigenvalue weighted by molar-refractivity contribution is 5.80. The monoisotopic (exact) mass is 286 g/mol. The summed E-state index contributed by atoms with van der Waals surface area (Å²) in [6.45, 7) is 14.2. The van der Waals surface area contributed by atoms with Gasteiger partial charge in [-0.3, -0.25) is 4.79 Å². The molecule has 0 aliphatic rings. The summed E-state index contributed by atoms with van der Waals surface area (Å²) < 4.78 is 5.15. The van der Waals surface area contributed by atoms with Gasteiger partial charge in [0.2, 0.25) is 0 Å². The Labute approximate surface area is 125 Å². The number of carbonyl (C=O) groups excluding carboxylic acids is 1. The molecule has 0 aromatic carbocycles. The molecule has 0 fully saturated rings. The Hall–Kier alpha value is -0.610. The minimum Gasteiger partial charge on any atom is -0.465 e. The van der Waals surface area contributed by atoms with Crippen LogP contribution in [0.5, 0.6) is 0 Å². The molecule has 0 saturated carbocycles. The Balaban J connectivity index is 4.25. The zero-order chi connectivity index (χ0) is 15.6. The van der Waals surface area contributed by atoms with Crippen LogP contribution in [-0.4, -0.2) is 49.7 Å². The second-order valence-corrected chi connectivity index (χ2v) is 5.81. The third kappa shape index (κ3) is 6.71. The summed E-state index contributed by atoms with van der Waals surface area (Å²) in [6.07, 6.45) is 3.02. The first kappa shape index (κ1) is 19.4. The highest BCUT2D eigenvalue weighted by Crippen LogP contribution is 2.15. The molecule has 0 saturated heterocycles. The summed E-state index contributed by atoms with van der Waals surface area (Å²) in [5.41, 5.74) is -0.564. The maximum absolute atomic E-state index is 12.0. The van der Waals surface area contributed by atoms with Crippen LogP contribution in [0.1, 0.15) is 53.9 Å². The highest BCUT2D eigenvalue weighted by Gasteiger charge is 2.32. The van der Waals surface area contributed by atoms with Crippen molar-refractivity contribution >= 4 is 5.97 Å². The third-order valence-electron chi connectivity index (χ3n) is 4.14. The summed E-state index contributed by atoms with van der Waals surface area (Å²) in [5, 5.41) is 3.11. The van der Waals surface area contributed by atoms with E-state index < -0.39 is 5.54 Å². The number of likely N-dealkylation sites (N-methyl/N-ethyl adjacent to an activating group) is 1. The van der Waals surface area contributed by atoms with Gasteiger partial charge in [-0.25, -0.2) is 0 Å². The van der Waals surface area contributed by atoms with E-state index in [1.54, 1.807) is 0 Å². The van der Waals surface area contributed by atoms with E-state index in [2.05, 4.69) is 31.0 Å². The van der Waals surface area contributed by atoms with Gasteiger partial charge >= 0.3 is 5.97 Å². The number of esters is 1. The Morgan fingerprint density at radius 3 is 2.45 bits per heavy atom. The highest BCUT2D eigenvalue weighted by atomic mass is 16.5. The smallest absolute Gasteiger partial charge is 0.326 e. The first-order valence-corrected chi connectivity index (χ1v) is 8.01. The molecule has 0 rings (SSSR count). The Morgan fingerprint density at radius 1 is 1.35 bits per heavy atom. The van der Waals surface area contributed by atoms with Crippen LogP contribution in [0.3, 0.4) is 0 Å². The first-order valence-electron chi connectivity index (χ1n) is 8.01. The molecule has 2 unspecified atom stereocenters. The van der Waals surface area contributed by atoms with Crippen LogP contribution in [0.2, 0.25) is 0 Å². The summed E-state index contributed by atoms with van der Waals surface area (Å²) in [6, 6.07) is 0. The molecule has 1 N–H and O–H groups in total. The van der Waals surface area contributed by atoms with Crippen molar-refractivity contribution in [1.82, 2.24) is 10.2 Å². The fourth-order valence-corrected chi connectivity index (χ4v) is 2.22. The van der Waals surface area contributed by atoms with Gasteiger partial charge in [-0.05, 0) is 52.7 Å². The van der Waals surface area contributed by atoms with E-state index in [9.17, 15) is 4.79 Å². The standard InChI is InChI=1S/C16H34N2O2/c1-7-14(4)13-18(8-2)12-10-11-16(5,17-6)15(19)20-9-3/h14,17H,7-13H2,1-6H3. The minimum absolute atomic E-state index is 0.146. The lowest BCUT2D eigenvalue weighted by Crippen LogP contribution is -2.49. The largest absolute Gasteiger partial charge is 0.465 e. The van der Waals surface area contributed by atoms with E-state index in [1.165, 1.54) is 6.42 Å². The van der Waals surface area contributed by atoms with Crippen molar-refractivity contribution in [3.8, 4) is 0 Å². The van der Waals surface area contributed by atoms with Crippen LogP contribution in [0.4, 0.5) is 0 Å². The van der Waals surface area contributed by atoms with Crippen molar-refractivity contribution < 1.29 is 9.53 Å². The zero-order valence-electron chi connectivity index (χ0n) is 14.3. The van der Waals surface area contributed by atoms with E-state index in [4.69, 9.17) is 4.74 Å². The van der Waals surface area contributed by atoms with Gasteiger partial charge in [0.25, 0.3) is 0 Å². The van der Waals surface area contributed by atoms with Crippen LogP contribution in [0.25, 0.3) is 0 Å². The second kappa shape index (κ2) is 10.2. The maximum atomic E-state index is 12.0. The number of ether oxygens (including phenoxy) is 1. The van der Waals surface area contributed by atoms with Crippen molar-refractivity contribution in [2.45, 2.75) is 59.4 Å². The molecule has 120 valence electrons. The molecule has 0 spiro atoms. The SMILES string of the molecule is CCOC(=O)C(C)(CCCN(CC)CC(C)CC)NC. The van der Waals surface area contributed by atoms with Gasteiger partial charge in [0.05, 0.1) is 6.61 Å². The normalized spacial score (nSPS) is 15.9. The molecular weight excluding hydrogens is 252 g/mol. The van der Waals surface area contributed by atoms with Gasteiger partial charge in [0.1, 0.15) is 5.54 Å². The van der Waals surface area contributed by atoms with Crippen LogP contribution in [0.15, 0.2) is 0 Å². The summed E-state index contributed by atoms with van der Waals surface area (Å²) in [7, 11) is 1.83. The summed E-state index contributed by atoms with van der Waals surface area (Å²) in [4.78, 5) is 14.4. The number of carbonyl (C=O) groups is 1. The van der Waals surface area contributed by atoms with E-state index in [1.807, 2.05) is 20.9 Å². The first-order chi connectivity index (χ1) is 9.43. The lowest BCUT2D eigenvalue weighted by molar-refractivity contribution is -0.150. The number of rotatable bonds is 11. The summed E-state index contributed by atoms with van der Waals surface area (Å²) >= 11 is 0. The van der Waals surface area contributed by atoms with Gasteiger partial charge in [0, 0.05) is 6.54 Å². The average molecular weight is 286 g/mol. The predicted octanol–water partition coefficient (Wildman–Crippen LogP) is 2.68. The Morgan fingerprint density at radius 2 is 2.00 bits per heavy atom. The molecule has 0 aromatic heterocycles. The number of nitrogens with zero attached hydrogens (tertiary/aromatic N) is 1. The predicted molar refractivity (Wildman–Crippen MR) is 84.9 cm³/mol. The van der Waals surface area contributed by atoms with Gasteiger partial charge < -0.3 is 15.0 Å². The molecule has 4 nitrogen and oxygen atoms in total. The fourth-order valence-electron chi connectivity index (χ4n) is 2.22. The zero-order valence-corrected chi connectivity index (χ0v) is 14.3. The van der Waals surface area contributed by atoms with Crippen LogP contribution in [0, 0.1) is 5.92 Å². The third-order valence-corrected chi connectivity index (χ3v) is 4.14. The van der Waals surface area contributed by atoms with Crippen LogP contribution >= 0.6 is 0 Å². The quantitative estimate of drug-likeness (QED) is 0.593. The van der Waals surface area contributed by atoms with Gasteiger partial charge in [0.15, 0.2) is 0 Å². The number of nitrogens with one attached hydrogen (secondary N) is 1. The molecule has 0 bridgehead atoms. The van der Waals surface area contributed by atoms with Crippen molar-refractivity contribution in [3.05, 3.63) is 0 Å². The number of hydrogen-bond donors (Lipinski definition) is 1. The maximum Gasteiger partial charge on any atom is 0.326 e. The van der Waals surface area contributed by atoms with Crippen LogP contribution in [-0.2, 0) is 9.53 Å². The molecule has 4 heteroatoms. The lowest BCUT2D eigenvalue weighted by Gasteiger charge is -2.29. The van der Waals surface area contributed by atoms with E-state index >= 15 is 0 Å². The molecule has 20 heavy (non-hydrogen) atoms. The molecular formula is C16H34N2O2. The van der Waals surface area contributed by atoms with Gasteiger partial charge in [-0.1, -0.05) is 27.2 Å². The van der Waals surface area contributed by atoms with Gasteiger partial charge in [-0.2, -0.15) is 0 Å². The van der Waals surface area contributed by atoms with E-state index in [0.717, 1.165) is 38.4 Å². The van der Waals surface area contributed by atoms with Crippen molar-refractivity contribution in [2.24, 2.45) is 5.92 Å². The average Bonchev–Trinajstić information content (AvgIpc) is 2.45. The second-order valence-electron chi connectivity index (χ2n) is 5.81. The molecule has 2 atom stereocenters. The number of hydrogen-bond acceptors (Lipinski definition) is 4. The molecule has 0 amide bonds. The summed E-state index contributed by atoms with van der Waals surface area (Å²) in [5.74, 6) is 0.586. The fraction of sp³-hybridized carbons (Fsp3) is 0.938. The van der Waals surface area contributed by atoms with Crippen LogP contribution < -0.4 is 5.32 Å².